The molecule has 1 heterocycles. The van der Waals surface area contributed by atoms with E-state index < -0.39 is 5.82 Å². The summed E-state index contributed by atoms with van der Waals surface area (Å²) in [5, 5.41) is 0. The number of hydrogen-bond acceptors (Lipinski definition) is 2. The quantitative estimate of drug-likeness (QED) is 0.783. The molecule has 0 aliphatic carbocycles. The molecule has 2 aromatic rings. The van der Waals surface area contributed by atoms with Crippen LogP contribution >= 0.6 is 38.9 Å². The van der Waals surface area contributed by atoms with Crippen LogP contribution in [0.2, 0.25) is 4.34 Å². The molecule has 0 saturated heterocycles. The molecular weight excluding hydrogens is 353 g/mol. The average molecular weight is 363 g/mol. The summed E-state index contributed by atoms with van der Waals surface area (Å²) in [5.41, 5.74) is 0.325. The van der Waals surface area contributed by atoms with Gasteiger partial charge in [0.05, 0.1) is 15.4 Å². The topological polar surface area (TPSA) is 20.3 Å². The molecule has 2 nitrogen and oxygen atoms in total. The zero-order valence-electron chi connectivity index (χ0n) is 9.99. The van der Waals surface area contributed by atoms with Gasteiger partial charge >= 0.3 is 0 Å². The van der Waals surface area contributed by atoms with Crippen LogP contribution in [0, 0.1) is 5.82 Å². The van der Waals surface area contributed by atoms with Crippen LogP contribution in [0.1, 0.15) is 15.2 Å². The summed E-state index contributed by atoms with van der Waals surface area (Å²) in [5.74, 6) is -0.672. The van der Waals surface area contributed by atoms with Gasteiger partial charge in [-0.2, -0.15) is 0 Å². The second-order valence-electron chi connectivity index (χ2n) is 4.00. The molecule has 0 unspecified atom stereocenters. The minimum atomic E-state index is -0.446. The van der Waals surface area contributed by atoms with Crippen LogP contribution in [-0.2, 0) is 6.54 Å². The van der Waals surface area contributed by atoms with E-state index in [0.717, 1.165) is 4.88 Å². The Kier molecular flexibility index (Phi) is 4.60. The Morgan fingerprint density at radius 1 is 1.42 bits per heavy atom. The lowest BCUT2D eigenvalue weighted by Crippen LogP contribution is -2.25. The number of amides is 1. The maximum absolute atomic E-state index is 13.4. The zero-order valence-corrected chi connectivity index (χ0v) is 13.1. The molecule has 1 amide bonds. The lowest BCUT2D eigenvalue weighted by atomic mass is 10.2. The Bertz CT molecular complexity index is 616. The van der Waals surface area contributed by atoms with Gasteiger partial charge in [0.25, 0.3) is 5.91 Å². The fourth-order valence-electron chi connectivity index (χ4n) is 1.59. The number of benzene rings is 1. The van der Waals surface area contributed by atoms with Gasteiger partial charge in [0.1, 0.15) is 5.82 Å². The molecule has 0 atom stereocenters. The summed E-state index contributed by atoms with van der Waals surface area (Å²) in [6.45, 7) is 0.452. The lowest BCUT2D eigenvalue weighted by molar-refractivity contribution is 0.0786. The molecular formula is C13H10BrClFNOS. The highest BCUT2D eigenvalue weighted by atomic mass is 79.9. The molecule has 0 N–H and O–H groups in total. The molecule has 0 aliphatic rings. The smallest absolute Gasteiger partial charge is 0.254 e. The van der Waals surface area contributed by atoms with Crippen molar-refractivity contribution >= 4 is 44.8 Å². The Hall–Kier alpha value is -0.910. The number of nitrogens with zero attached hydrogens (tertiary/aromatic N) is 1. The zero-order chi connectivity index (χ0) is 14.0. The molecule has 0 spiro atoms. The van der Waals surface area contributed by atoms with Crippen LogP contribution in [-0.4, -0.2) is 17.9 Å². The van der Waals surface area contributed by atoms with Crippen molar-refractivity contribution in [3.8, 4) is 0 Å². The molecule has 0 radical (unpaired) electrons. The molecule has 6 heteroatoms. The van der Waals surface area contributed by atoms with Crippen LogP contribution in [0.4, 0.5) is 4.39 Å². The van der Waals surface area contributed by atoms with Gasteiger partial charge in [0.15, 0.2) is 0 Å². The minimum Gasteiger partial charge on any atom is -0.337 e. The number of carbonyl (C=O) groups excluding carboxylic acids is 1. The van der Waals surface area contributed by atoms with Gasteiger partial charge in [-0.25, -0.2) is 4.39 Å². The first-order valence-corrected chi connectivity index (χ1v) is 7.41. The second kappa shape index (κ2) is 6.03. The Labute approximate surface area is 127 Å². The van der Waals surface area contributed by atoms with E-state index in [0.29, 0.717) is 20.9 Å². The third-order valence-electron chi connectivity index (χ3n) is 2.54. The van der Waals surface area contributed by atoms with Gasteiger partial charge in [-0.15, -0.1) is 11.3 Å². The average Bonchev–Trinajstić information content (AvgIpc) is 2.77. The summed E-state index contributed by atoms with van der Waals surface area (Å²) in [4.78, 5) is 14.7. The third kappa shape index (κ3) is 3.55. The van der Waals surface area contributed by atoms with E-state index in [1.165, 1.54) is 28.4 Å². The molecule has 0 bridgehead atoms. The number of halogens is 3. The van der Waals surface area contributed by atoms with Crippen molar-refractivity contribution in [2.75, 3.05) is 7.05 Å². The van der Waals surface area contributed by atoms with E-state index in [1.54, 1.807) is 19.2 Å². The highest BCUT2D eigenvalue weighted by Crippen LogP contribution is 2.23. The number of thiophene rings is 1. The predicted molar refractivity (Wildman–Crippen MR) is 79.2 cm³/mol. The number of hydrogen-bond donors (Lipinski definition) is 0. The Balaban J connectivity index is 2.12. The number of carbonyl (C=O) groups is 1. The van der Waals surface area contributed by atoms with Gasteiger partial charge in [-0.3, -0.25) is 4.79 Å². The van der Waals surface area contributed by atoms with E-state index in [2.05, 4.69) is 15.9 Å². The summed E-state index contributed by atoms with van der Waals surface area (Å²) in [6.07, 6.45) is 0. The highest BCUT2D eigenvalue weighted by Gasteiger charge is 2.14. The van der Waals surface area contributed by atoms with Crippen molar-refractivity contribution in [3.63, 3.8) is 0 Å². The first kappa shape index (κ1) is 14.5. The molecule has 19 heavy (non-hydrogen) atoms. The van der Waals surface area contributed by atoms with Crippen molar-refractivity contribution in [1.29, 1.82) is 0 Å². The van der Waals surface area contributed by atoms with Gasteiger partial charge in [-0.1, -0.05) is 11.6 Å². The molecule has 2 rings (SSSR count). The van der Waals surface area contributed by atoms with E-state index in [9.17, 15) is 9.18 Å². The lowest BCUT2D eigenvalue weighted by Gasteiger charge is -2.16. The van der Waals surface area contributed by atoms with Crippen LogP contribution in [0.25, 0.3) is 0 Å². The highest BCUT2D eigenvalue weighted by molar-refractivity contribution is 9.10. The Morgan fingerprint density at radius 2 is 2.16 bits per heavy atom. The van der Waals surface area contributed by atoms with Crippen molar-refractivity contribution in [2.24, 2.45) is 0 Å². The molecule has 100 valence electrons. The Morgan fingerprint density at radius 3 is 2.74 bits per heavy atom. The van der Waals surface area contributed by atoms with E-state index in [4.69, 9.17) is 11.6 Å². The fraction of sp³-hybridized carbons (Fsp3) is 0.154. The third-order valence-corrected chi connectivity index (χ3v) is 4.39. The summed E-state index contributed by atoms with van der Waals surface area (Å²) < 4.78 is 14.4. The minimum absolute atomic E-state index is 0.226. The molecule has 1 aromatic heterocycles. The van der Waals surface area contributed by atoms with Gasteiger partial charge in [0.2, 0.25) is 0 Å². The van der Waals surface area contributed by atoms with E-state index >= 15 is 0 Å². The van der Waals surface area contributed by atoms with Gasteiger partial charge < -0.3 is 4.90 Å². The van der Waals surface area contributed by atoms with E-state index in [1.807, 2.05) is 6.07 Å². The van der Waals surface area contributed by atoms with Gasteiger partial charge in [-0.05, 0) is 46.3 Å². The standard InChI is InChI=1S/C13H10BrClFNOS/c1-17(7-9-3-5-12(15)19-9)13(18)8-2-4-10(14)11(16)6-8/h2-6H,7H2,1H3. The molecule has 0 fully saturated rings. The van der Waals surface area contributed by atoms with Crippen LogP contribution in [0.3, 0.4) is 0 Å². The largest absolute Gasteiger partial charge is 0.337 e. The molecule has 1 aromatic carbocycles. The monoisotopic (exact) mass is 361 g/mol. The normalized spacial score (nSPS) is 10.5. The summed E-state index contributed by atoms with van der Waals surface area (Å²) in [6, 6.07) is 8.01. The van der Waals surface area contributed by atoms with E-state index in [-0.39, 0.29) is 5.91 Å². The first-order valence-electron chi connectivity index (χ1n) is 5.42. The molecule has 0 aliphatic heterocycles. The number of rotatable bonds is 3. The van der Waals surface area contributed by atoms with Crippen LogP contribution in [0.15, 0.2) is 34.8 Å². The van der Waals surface area contributed by atoms with Gasteiger partial charge in [0, 0.05) is 17.5 Å². The summed E-state index contributed by atoms with van der Waals surface area (Å²) in [7, 11) is 1.68. The van der Waals surface area contributed by atoms with Crippen molar-refractivity contribution < 1.29 is 9.18 Å². The predicted octanol–water partition coefficient (Wildman–Crippen LogP) is 4.58. The summed E-state index contributed by atoms with van der Waals surface area (Å²) >= 11 is 10.3. The second-order valence-corrected chi connectivity index (χ2v) is 6.65. The van der Waals surface area contributed by atoms with Crippen molar-refractivity contribution in [1.82, 2.24) is 4.90 Å². The van der Waals surface area contributed by atoms with Crippen molar-refractivity contribution in [3.05, 3.63) is 55.4 Å². The van der Waals surface area contributed by atoms with Crippen molar-refractivity contribution in [2.45, 2.75) is 6.54 Å². The maximum atomic E-state index is 13.4. The van der Waals surface area contributed by atoms with Crippen LogP contribution in [0.5, 0.6) is 0 Å². The van der Waals surface area contributed by atoms with Crippen LogP contribution < -0.4 is 0 Å². The first-order chi connectivity index (χ1) is 8.97. The molecule has 0 saturated carbocycles. The fourth-order valence-corrected chi connectivity index (χ4v) is 2.98. The maximum Gasteiger partial charge on any atom is 0.254 e. The SMILES string of the molecule is CN(Cc1ccc(Cl)s1)C(=O)c1ccc(Br)c(F)c1.